The molecule has 4 heteroatoms. The highest BCUT2D eigenvalue weighted by atomic mass is 79.9. The van der Waals surface area contributed by atoms with E-state index in [1.165, 1.54) is 12.8 Å². The molecule has 1 aromatic carbocycles. The predicted octanol–water partition coefficient (Wildman–Crippen LogP) is 3.95. The van der Waals surface area contributed by atoms with Gasteiger partial charge in [0.05, 0.1) is 11.6 Å². The van der Waals surface area contributed by atoms with E-state index in [9.17, 15) is 0 Å². The van der Waals surface area contributed by atoms with Gasteiger partial charge in [-0.3, -0.25) is 4.98 Å². The second-order valence-electron chi connectivity index (χ2n) is 4.77. The fourth-order valence-electron chi connectivity index (χ4n) is 2.34. The van der Waals surface area contributed by atoms with E-state index in [0.29, 0.717) is 6.61 Å². The van der Waals surface area contributed by atoms with Crippen molar-refractivity contribution in [3.8, 4) is 5.75 Å². The summed E-state index contributed by atoms with van der Waals surface area (Å²) in [6, 6.07) is 7.93. The number of pyridine rings is 1. The van der Waals surface area contributed by atoms with Crippen molar-refractivity contribution < 1.29 is 9.47 Å². The SMILES string of the molecule is Brc1ccc2nccc(OCC3CCCCO3)c2c1. The highest BCUT2D eigenvalue weighted by Crippen LogP contribution is 2.27. The van der Waals surface area contributed by atoms with Crippen LogP contribution < -0.4 is 4.74 Å². The minimum atomic E-state index is 0.226. The highest BCUT2D eigenvalue weighted by molar-refractivity contribution is 9.10. The minimum Gasteiger partial charge on any atom is -0.490 e. The van der Waals surface area contributed by atoms with Crippen LogP contribution in [-0.4, -0.2) is 24.3 Å². The number of fused-ring (bicyclic) bond motifs is 1. The Bertz CT molecular complexity index is 567. The van der Waals surface area contributed by atoms with Gasteiger partial charge in [-0.15, -0.1) is 0 Å². The fourth-order valence-corrected chi connectivity index (χ4v) is 2.70. The summed E-state index contributed by atoms with van der Waals surface area (Å²) in [4.78, 5) is 4.35. The van der Waals surface area contributed by atoms with E-state index in [2.05, 4.69) is 20.9 Å². The second kappa shape index (κ2) is 5.88. The van der Waals surface area contributed by atoms with Crippen LogP contribution in [0.15, 0.2) is 34.9 Å². The molecule has 0 amide bonds. The molecule has 1 aliphatic heterocycles. The van der Waals surface area contributed by atoms with E-state index in [1.807, 2.05) is 24.3 Å². The van der Waals surface area contributed by atoms with Crippen molar-refractivity contribution >= 4 is 26.8 Å². The van der Waals surface area contributed by atoms with Crippen LogP contribution in [0.25, 0.3) is 10.9 Å². The topological polar surface area (TPSA) is 31.4 Å². The molecule has 1 unspecified atom stereocenters. The Morgan fingerprint density at radius 3 is 3.11 bits per heavy atom. The van der Waals surface area contributed by atoms with Crippen LogP contribution in [0.1, 0.15) is 19.3 Å². The lowest BCUT2D eigenvalue weighted by atomic mass is 10.1. The van der Waals surface area contributed by atoms with Crippen molar-refractivity contribution in [3.63, 3.8) is 0 Å². The number of hydrogen-bond donors (Lipinski definition) is 0. The number of nitrogens with zero attached hydrogens (tertiary/aromatic N) is 1. The summed E-state index contributed by atoms with van der Waals surface area (Å²) in [5.41, 5.74) is 0.949. The number of hydrogen-bond acceptors (Lipinski definition) is 3. The molecule has 0 N–H and O–H groups in total. The number of halogens is 1. The molecule has 1 fully saturated rings. The Labute approximate surface area is 121 Å². The van der Waals surface area contributed by atoms with Gasteiger partial charge < -0.3 is 9.47 Å². The van der Waals surface area contributed by atoms with Crippen molar-refractivity contribution in [1.29, 1.82) is 0 Å². The van der Waals surface area contributed by atoms with Crippen LogP contribution in [0.4, 0.5) is 0 Å². The maximum Gasteiger partial charge on any atom is 0.130 e. The third-order valence-electron chi connectivity index (χ3n) is 3.36. The molecule has 3 nitrogen and oxygen atoms in total. The third kappa shape index (κ3) is 3.07. The van der Waals surface area contributed by atoms with E-state index in [-0.39, 0.29) is 6.10 Å². The Morgan fingerprint density at radius 2 is 2.26 bits per heavy atom. The molecular formula is C15H16BrNO2. The number of rotatable bonds is 3. The number of aromatic nitrogens is 1. The van der Waals surface area contributed by atoms with Crippen LogP contribution in [0.5, 0.6) is 5.75 Å². The quantitative estimate of drug-likeness (QED) is 0.857. The number of benzene rings is 1. The lowest BCUT2D eigenvalue weighted by Crippen LogP contribution is -2.25. The molecule has 0 radical (unpaired) electrons. The van der Waals surface area contributed by atoms with Crippen molar-refractivity contribution in [1.82, 2.24) is 4.98 Å². The highest BCUT2D eigenvalue weighted by Gasteiger charge is 2.15. The Balaban J connectivity index is 1.78. The first-order valence-electron chi connectivity index (χ1n) is 6.61. The summed E-state index contributed by atoms with van der Waals surface area (Å²) >= 11 is 3.49. The van der Waals surface area contributed by atoms with Gasteiger partial charge in [-0.25, -0.2) is 0 Å². The number of ether oxygens (including phenoxy) is 2. The van der Waals surface area contributed by atoms with Crippen molar-refractivity contribution in [2.45, 2.75) is 25.4 Å². The minimum absolute atomic E-state index is 0.226. The molecule has 0 saturated carbocycles. The van der Waals surface area contributed by atoms with Gasteiger partial charge in [0.25, 0.3) is 0 Å². The lowest BCUT2D eigenvalue weighted by Gasteiger charge is -2.22. The molecule has 19 heavy (non-hydrogen) atoms. The van der Waals surface area contributed by atoms with Gasteiger partial charge in [0.2, 0.25) is 0 Å². The first-order valence-corrected chi connectivity index (χ1v) is 7.41. The first-order chi connectivity index (χ1) is 9.33. The van der Waals surface area contributed by atoms with Gasteiger partial charge in [0.15, 0.2) is 0 Å². The molecule has 1 saturated heterocycles. The lowest BCUT2D eigenvalue weighted by molar-refractivity contribution is -0.0107. The average molecular weight is 322 g/mol. The van der Waals surface area contributed by atoms with E-state index in [0.717, 1.165) is 34.2 Å². The summed E-state index contributed by atoms with van der Waals surface area (Å²) in [6.07, 6.45) is 5.50. The molecule has 0 bridgehead atoms. The normalized spacial score (nSPS) is 19.5. The molecular weight excluding hydrogens is 306 g/mol. The summed E-state index contributed by atoms with van der Waals surface area (Å²) in [5.74, 6) is 0.875. The van der Waals surface area contributed by atoms with Crippen molar-refractivity contribution in [3.05, 3.63) is 34.9 Å². The zero-order valence-electron chi connectivity index (χ0n) is 10.6. The maximum atomic E-state index is 5.93. The Hall–Kier alpha value is -1.13. The summed E-state index contributed by atoms with van der Waals surface area (Å²) < 4.78 is 12.6. The Kier molecular flexibility index (Phi) is 3.99. The van der Waals surface area contributed by atoms with Gasteiger partial charge in [-0.2, -0.15) is 0 Å². The largest absolute Gasteiger partial charge is 0.490 e. The van der Waals surface area contributed by atoms with Gasteiger partial charge in [0, 0.05) is 22.7 Å². The Morgan fingerprint density at radius 1 is 1.32 bits per heavy atom. The fraction of sp³-hybridized carbons (Fsp3) is 0.400. The predicted molar refractivity (Wildman–Crippen MR) is 78.5 cm³/mol. The molecule has 2 heterocycles. The van der Waals surface area contributed by atoms with Crippen molar-refractivity contribution in [2.75, 3.05) is 13.2 Å². The molecule has 1 atom stereocenters. The molecule has 1 aromatic heterocycles. The second-order valence-corrected chi connectivity index (χ2v) is 5.69. The van der Waals surface area contributed by atoms with Gasteiger partial charge in [-0.1, -0.05) is 15.9 Å². The van der Waals surface area contributed by atoms with Crippen LogP contribution in [-0.2, 0) is 4.74 Å². The first kappa shape index (κ1) is 12.9. The van der Waals surface area contributed by atoms with E-state index in [4.69, 9.17) is 9.47 Å². The molecule has 0 spiro atoms. The molecule has 1 aliphatic rings. The van der Waals surface area contributed by atoms with E-state index >= 15 is 0 Å². The standard InChI is InChI=1S/C15H16BrNO2/c16-11-4-5-14-13(9-11)15(6-7-17-14)19-10-12-3-1-2-8-18-12/h4-7,9,12H,1-3,8,10H2. The summed E-state index contributed by atoms with van der Waals surface area (Å²) in [6.45, 7) is 1.47. The smallest absolute Gasteiger partial charge is 0.130 e. The zero-order valence-corrected chi connectivity index (χ0v) is 12.2. The van der Waals surface area contributed by atoms with Crippen molar-refractivity contribution in [2.24, 2.45) is 0 Å². The average Bonchev–Trinajstić information content (AvgIpc) is 2.46. The molecule has 3 rings (SSSR count). The van der Waals surface area contributed by atoms with Gasteiger partial charge >= 0.3 is 0 Å². The van der Waals surface area contributed by atoms with Gasteiger partial charge in [0.1, 0.15) is 12.4 Å². The summed E-state index contributed by atoms with van der Waals surface area (Å²) in [5, 5.41) is 1.03. The van der Waals surface area contributed by atoms with E-state index < -0.39 is 0 Å². The van der Waals surface area contributed by atoms with Crippen LogP contribution in [0.3, 0.4) is 0 Å². The molecule has 100 valence electrons. The molecule has 2 aromatic rings. The monoisotopic (exact) mass is 321 g/mol. The van der Waals surface area contributed by atoms with E-state index in [1.54, 1.807) is 6.20 Å². The molecule has 0 aliphatic carbocycles. The van der Waals surface area contributed by atoms with Crippen LogP contribution in [0, 0.1) is 0 Å². The van der Waals surface area contributed by atoms with Crippen LogP contribution in [0.2, 0.25) is 0 Å². The maximum absolute atomic E-state index is 5.93. The van der Waals surface area contributed by atoms with Crippen LogP contribution >= 0.6 is 15.9 Å². The third-order valence-corrected chi connectivity index (χ3v) is 3.86. The zero-order chi connectivity index (χ0) is 13.1. The van der Waals surface area contributed by atoms with Gasteiger partial charge in [-0.05, 0) is 43.5 Å². The summed E-state index contributed by atoms with van der Waals surface area (Å²) in [7, 11) is 0.